The lowest BCUT2D eigenvalue weighted by atomic mass is 9.88. The lowest BCUT2D eigenvalue weighted by molar-refractivity contribution is -0.131. The molecular formula is C14H26N2O2. The Morgan fingerprint density at radius 2 is 2.06 bits per heavy atom. The number of hydrogen-bond donors (Lipinski definition) is 1. The Morgan fingerprint density at radius 3 is 2.67 bits per heavy atom. The van der Waals surface area contributed by atoms with Gasteiger partial charge in [-0.25, -0.2) is 0 Å². The van der Waals surface area contributed by atoms with E-state index in [0.717, 1.165) is 19.4 Å². The molecular weight excluding hydrogens is 228 g/mol. The molecule has 2 fully saturated rings. The topological polar surface area (TPSA) is 41.6 Å². The van der Waals surface area contributed by atoms with Crippen LogP contribution < -0.4 is 5.32 Å². The Morgan fingerprint density at radius 1 is 1.39 bits per heavy atom. The van der Waals surface area contributed by atoms with E-state index in [4.69, 9.17) is 4.74 Å². The van der Waals surface area contributed by atoms with E-state index in [1.165, 1.54) is 25.7 Å². The van der Waals surface area contributed by atoms with E-state index in [-0.39, 0.29) is 17.6 Å². The molecule has 1 aliphatic heterocycles. The summed E-state index contributed by atoms with van der Waals surface area (Å²) in [6.07, 6.45) is 7.06. The Bertz CT molecular complexity index is 298. The molecule has 1 N–H and O–H groups in total. The van der Waals surface area contributed by atoms with Crippen LogP contribution in [0.2, 0.25) is 0 Å². The van der Waals surface area contributed by atoms with Crippen LogP contribution in [0, 0.1) is 0 Å². The number of ether oxygens (including phenoxy) is 1. The van der Waals surface area contributed by atoms with E-state index in [1.807, 2.05) is 21.0 Å². The molecule has 104 valence electrons. The van der Waals surface area contributed by atoms with Gasteiger partial charge in [0, 0.05) is 26.7 Å². The Balaban J connectivity index is 1.87. The van der Waals surface area contributed by atoms with Gasteiger partial charge < -0.3 is 15.0 Å². The van der Waals surface area contributed by atoms with Crippen molar-refractivity contribution in [3.63, 3.8) is 0 Å². The number of nitrogens with zero attached hydrogens (tertiary/aromatic N) is 1. The molecule has 1 amide bonds. The fourth-order valence-electron chi connectivity index (χ4n) is 3.35. The van der Waals surface area contributed by atoms with Crippen molar-refractivity contribution in [2.45, 2.75) is 63.1 Å². The van der Waals surface area contributed by atoms with E-state index < -0.39 is 0 Å². The summed E-state index contributed by atoms with van der Waals surface area (Å²) in [5, 5.41) is 3.48. The Kier molecular flexibility index (Phi) is 4.28. The zero-order valence-corrected chi connectivity index (χ0v) is 11.9. The lowest BCUT2D eigenvalue weighted by Gasteiger charge is -2.39. The van der Waals surface area contributed by atoms with Crippen molar-refractivity contribution >= 4 is 5.91 Å². The van der Waals surface area contributed by atoms with Gasteiger partial charge in [0.1, 0.15) is 0 Å². The number of amides is 1. The van der Waals surface area contributed by atoms with Crippen molar-refractivity contribution < 1.29 is 9.53 Å². The van der Waals surface area contributed by atoms with Gasteiger partial charge in [-0.15, -0.1) is 0 Å². The number of hydrogen-bond acceptors (Lipinski definition) is 3. The largest absolute Gasteiger partial charge is 0.375 e. The number of carbonyl (C=O) groups is 1. The minimum Gasteiger partial charge on any atom is -0.375 e. The molecule has 1 heterocycles. The predicted octanol–water partition coefficient (Wildman–Crippen LogP) is 1.54. The lowest BCUT2D eigenvalue weighted by Crippen LogP contribution is -2.51. The molecule has 0 radical (unpaired) electrons. The van der Waals surface area contributed by atoms with Gasteiger partial charge >= 0.3 is 0 Å². The molecule has 2 unspecified atom stereocenters. The molecule has 4 heteroatoms. The highest BCUT2D eigenvalue weighted by Gasteiger charge is 2.40. The summed E-state index contributed by atoms with van der Waals surface area (Å²) in [5.74, 6) is 0.155. The molecule has 2 atom stereocenters. The van der Waals surface area contributed by atoms with Crippen molar-refractivity contribution in [1.29, 1.82) is 0 Å². The van der Waals surface area contributed by atoms with E-state index in [0.29, 0.717) is 6.04 Å². The fourth-order valence-corrected chi connectivity index (χ4v) is 3.35. The van der Waals surface area contributed by atoms with Crippen LogP contribution in [0.5, 0.6) is 0 Å². The standard InChI is InChI=1S/C14H26N2O2/c1-11(13(17)16(2)3)15-12-6-9-18-14(10-12)7-4-5-8-14/h11-12,15H,4-10H2,1-3H3. The number of nitrogens with one attached hydrogen (secondary N) is 1. The molecule has 18 heavy (non-hydrogen) atoms. The summed E-state index contributed by atoms with van der Waals surface area (Å²) in [7, 11) is 3.62. The van der Waals surface area contributed by atoms with Crippen LogP contribution in [0.15, 0.2) is 0 Å². The van der Waals surface area contributed by atoms with E-state index in [2.05, 4.69) is 5.32 Å². The van der Waals surface area contributed by atoms with Crippen molar-refractivity contribution in [3.8, 4) is 0 Å². The third-order valence-electron chi connectivity index (χ3n) is 4.30. The molecule has 0 aromatic heterocycles. The maximum absolute atomic E-state index is 11.9. The SMILES string of the molecule is CC(NC1CCOC2(CCCC2)C1)C(=O)N(C)C. The summed E-state index contributed by atoms with van der Waals surface area (Å²) in [5.41, 5.74) is 0.122. The van der Waals surface area contributed by atoms with Gasteiger partial charge in [0.15, 0.2) is 0 Å². The second-order valence-electron chi connectivity index (χ2n) is 6.05. The molecule has 1 spiro atoms. The van der Waals surface area contributed by atoms with Crippen LogP contribution in [0.1, 0.15) is 45.4 Å². The molecule has 1 saturated heterocycles. The van der Waals surface area contributed by atoms with Crippen molar-refractivity contribution in [3.05, 3.63) is 0 Å². The van der Waals surface area contributed by atoms with E-state index >= 15 is 0 Å². The fraction of sp³-hybridized carbons (Fsp3) is 0.929. The monoisotopic (exact) mass is 254 g/mol. The predicted molar refractivity (Wildman–Crippen MR) is 71.5 cm³/mol. The molecule has 4 nitrogen and oxygen atoms in total. The van der Waals surface area contributed by atoms with Gasteiger partial charge in [-0.3, -0.25) is 4.79 Å². The second kappa shape index (κ2) is 5.57. The normalized spacial score (nSPS) is 28.3. The van der Waals surface area contributed by atoms with Gasteiger partial charge in [0.05, 0.1) is 11.6 Å². The minimum atomic E-state index is -0.0958. The first-order valence-corrected chi connectivity index (χ1v) is 7.14. The van der Waals surface area contributed by atoms with Crippen LogP contribution >= 0.6 is 0 Å². The first-order valence-electron chi connectivity index (χ1n) is 7.14. The zero-order chi connectivity index (χ0) is 13.2. The maximum atomic E-state index is 11.9. The highest BCUT2D eigenvalue weighted by molar-refractivity contribution is 5.80. The van der Waals surface area contributed by atoms with Gasteiger partial charge in [0.2, 0.25) is 5.91 Å². The quantitative estimate of drug-likeness (QED) is 0.831. The third-order valence-corrected chi connectivity index (χ3v) is 4.30. The smallest absolute Gasteiger partial charge is 0.238 e. The molecule has 1 aliphatic carbocycles. The summed E-state index contributed by atoms with van der Waals surface area (Å²) >= 11 is 0. The molecule has 2 aliphatic rings. The summed E-state index contributed by atoms with van der Waals surface area (Å²) in [6.45, 7) is 2.79. The van der Waals surface area contributed by atoms with Crippen LogP contribution in [-0.2, 0) is 9.53 Å². The van der Waals surface area contributed by atoms with Crippen LogP contribution in [0.25, 0.3) is 0 Å². The van der Waals surface area contributed by atoms with E-state index in [9.17, 15) is 4.79 Å². The molecule has 1 saturated carbocycles. The van der Waals surface area contributed by atoms with Crippen molar-refractivity contribution in [2.24, 2.45) is 0 Å². The zero-order valence-electron chi connectivity index (χ0n) is 11.9. The van der Waals surface area contributed by atoms with Crippen LogP contribution in [-0.4, -0.2) is 49.2 Å². The van der Waals surface area contributed by atoms with Gasteiger partial charge in [0.25, 0.3) is 0 Å². The third kappa shape index (κ3) is 3.04. The molecule has 0 aromatic rings. The van der Waals surface area contributed by atoms with Crippen LogP contribution in [0.4, 0.5) is 0 Å². The Labute approximate surface area is 110 Å². The number of likely N-dealkylation sites (N-methyl/N-ethyl adjacent to an activating group) is 1. The second-order valence-corrected chi connectivity index (χ2v) is 6.05. The average molecular weight is 254 g/mol. The average Bonchev–Trinajstić information content (AvgIpc) is 2.76. The van der Waals surface area contributed by atoms with E-state index in [1.54, 1.807) is 4.90 Å². The highest BCUT2D eigenvalue weighted by atomic mass is 16.5. The number of carbonyl (C=O) groups excluding carboxylic acids is 1. The first-order chi connectivity index (χ1) is 8.52. The Hall–Kier alpha value is -0.610. The maximum Gasteiger partial charge on any atom is 0.238 e. The van der Waals surface area contributed by atoms with Crippen molar-refractivity contribution in [1.82, 2.24) is 10.2 Å². The first kappa shape index (κ1) is 13.8. The van der Waals surface area contributed by atoms with Gasteiger partial charge in [-0.1, -0.05) is 12.8 Å². The van der Waals surface area contributed by atoms with Gasteiger partial charge in [-0.05, 0) is 32.6 Å². The van der Waals surface area contributed by atoms with Crippen LogP contribution in [0.3, 0.4) is 0 Å². The molecule has 0 aromatic carbocycles. The van der Waals surface area contributed by atoms with Gasteiger partial charge in [-0.2, -0.15) is 0 Å². The summed E-state index contributed by atoms with van der Waals surface area (Å²) in [6, 6.07) is 0.331. The molecule has 0 bridgehead atoms. The molecule has 2 rings (SSSR count). The summed E-state index contributed by atoms with van der Waals surface area (Å²) in [4.78, 5) is 13.5. The van der Waals surface area contributed by atoms with Crippen molar-refractivity contribution in [2.75, 3.05) is 20.7 Å². The number of rotatable bonds is 3. The summed E-state index contributed by atoms with van der Waals surface area (Å²) < 4.78 is 6.01. The highest BCUT2D eigenvalue weighted by Crippen LogP contribution is 2.40. The minimum absolute atomic E-state index is 0.0958.